The molecule has 0 aromatic carbocycles. The maximum absolute atomic E-state index is 11.6. The van der Waals surface area contributed by atoms with Crippen LogP contribution in [0, 0.1) is 6.07 Å². The molecule has 0 amide bonds. The largest absolute Gasteiger partial charge is 0.451 e. The fourth-order valence-corrected chi connectivity index (χ4v) is 0.410. The molecular weight excluding hydrogens is 145 g/mol. The summed E-state index contributed by atoms with van der Waals surface area (Å²) in [4.78, 5) is 5.92. The van der Waals surface area contributed by atoms with Crippen LogP contribution in [0.3, 0.4) is 0 Å². The van der Waals surface area contributed by atoms with Crippen LogP contribution >= 0.6 is 0 Å². The molecular formula is C5H2F3N2. The molecule has 1 heterocycles. The zero-order chi connectivity index (χ0) is 7.61. The smallest absolute Gasteiger partial charge is 0.232 e. The molecule has 53 valence electrons. The Morgan fingerprint density at radius 1 is 1.20 bits per heavy atom. The molecule has 0 N–H and O–H groups in total. The second kappa shape index (κ2) is 2.24. The van der Waals surface area contributed by atoms with E-state index in [0.717, 1.165) is 12.4 Å². The third kappa shape index (κ3) is 1.43. The fourth-order valence-electron chi connectivity index (χ4n) is 0.410. The van der Waals surface area contributed by atoms with E-state index in [-0.39, 0.29) is 0 Å². The molecule has 2 nitrogen and oxygen atoms in total. The average Bonchev–Trinajstić information content (AvgIpc) is 1.88. The molecule has 0 aliphatic rings. The van der Waals surface area contributed by atoms with Gasteiger partial charge in [0.15, 0.2) is 0 Å². The van der Waals surface area contributed by atoms with E-state index in [2.05, 4.69) is 16.0 Å². The Morgan fingerprint density at radius 2 is 1.70 bits per heavy atom. The van der Waals surface area contributed by atoms with Gasteiger partial charge in [-0.05, 0) is 0 Å². The first-order valence-corrected chi connectivity index (χ1v) is 2.36. The Balaban J connectivity index is 2.97. The topological polar surface area (TPSA) is 25.8 Å². The number of nitrogens with zero attached hydrogens (tertiary/aromatic N) is 2. The molecule has 1 rings (SSSR count). The van der Waals surface area contributed by atoms with E-state index in [1.807, 2.05) is 0 Å². The van der Waals surface area contributed by atoms with Crippen molar-refractivity contribution in [1.82, 2.24) is 9.97 Å². The number of halogens is 3. The molecule has 0 spiro atoms. The summed E-state index contributed by atoms with van der Waals surface area (Å²) in [5, 5.41) is 0. The molecule has 0 aliphatic heterocycles. The Kier molecular flexibility index (Phi) is 1.57. The Bertz CT molecular complexity index is 206. The van der Waals surface area contributed by atoms with Gasteiger partial charge in [-0.3, -0.25) is 0 Å². The summed E-state index contributed by atoms with van der Waals surface area (Å²) in [6, 6.07) is 2.28. The summed E-state index contributed by atoms with van der Waals surface area (Å²) in [6.07, 6.45) is -2.60. The van der Waals surface area contributed by atoms with Gasteiger partial charge in [0, 0.05) is 18.5 Å². The molecule has 0 saturated carbocycles. The summed E-state index contributed by atoms with van der Waals surface area (Å²) in [5.74, 6) is -1.13. The summed E-state index contributed by atoms with van der Waals surface area (Å²) in [6.45, 7) is 0. The highest BCUT2D eigenvalue weighted by Crippen LogP contribution is 2.24. The number of alkyl halides is 3. The van der Waals surface area contributed by atoms with Crippen molar-refractivity contribution in [2.24, 2.45) is 0 Å². The van der Waals surface area contributed by atoms with Crippen LogP contribution in [-0.2, 0) is 6.18 Å². The lowest BCUT2D eigenvalue weighted by atomic mass is 10.5. The van der Waals surface area contributed by atoms with E-state index in [9.17, 15) is 13.2 Å². The second-order valence-corrected chi connectivity index (χ2v) is 1.50. The summed E-state index contributed by atoms with van der Waals surface area (Å²) in [7, 11) is 0. The predicted molar refractivity (Wildman–Crippen MR) is 25.9 cm³/mol. The highest BCUT2D eigenvalue weighted by molar-refractivity contribution is 4.90. The molecule has 1 radical (unpaired) electrons. The maximum Gasteiger partial charge on any atom is 0.451 e. The van der Waals surface area contributed by atoms with Crippen molar-refractivity contribution in [1.29, 1.82) is 0 Å². The van der Waals surface area contributed by atoms with Gasteiger partial charge in [0.25, 0.3) is 0 Å². The predicted octanol–water partition coefficient (Wildman–Crippen LogP) is 1.30. The van der Waals surface area contributed by atoms with E-state index in [0.29, 0.717) is 0 Å². The van der Waals surface area contributed by atoms with E-state index < -0.39 is 12.0 Å². The molecule has 5 heteroatoms. The minimum atomic E-state index is -4.45. The first kappa shape index (κ1) is 6.98. The molecule has 1 aromatic heterocycles. The quantitative estimate of drug-likeness (QED) is 0.552. The molecule has 0 aliphatic carbocycles. The van der Waals surface area contributed by atoms with Crippen LogP contribution in [0.25, 0.3) is 0 Å². The zero-order valence-electron chi connectivity index (χ0n) is 4.68. The van der Waals surface area contributed by atoms with Gasteiger partial charge >= 0.3 is 6.18 Å². The van der Waals surface area contributed by atoms with Gasteiger partial charge in [-0.2, -0.15) is 13.2 Å². The lowest BCUT2D eigenvalue weighted by Crippen LogP contribution is -2.09. The summed E-state index contributed by atoms with van der Waals surface area (Å²) >= 11 is 0. The molecule has 10 heavy (non-hydrogen) atoms. The van der Waals surface area contributed by atoms with E-state index in [1.54, 1.807) is 0 Å². The number of aromatic nitrogens is 2. The molecule has 0 unspecified atom stereocenters. The minimum absolute atomic E-state index is 0.926. The molecule has 0 saturated heterocycles. The van der Waals surface area contributed by atoms with Crippen molar-refractivity contribution >= 4 is 0 Å². The van der Waals surface area contributed by atoms with E-state index >= 15 is 0 Å². The standard InChI is InChI=1S/C5H2F3N2/c6-5(7,8)4-9-2-1-3-10-4/h2-3H. The van der Waals surface area contributed by atoms with Crippen LogP contribution in [0.2, 0.25) is 0 Å². The normalized spacial score (nSPS) is 11.5. The van der Waals surface area contributed by atoms with Crippen LogP contribution in [0.1, 0.15) is 5.82 Å². The van der Waals surface area contributed by atoms with Crippen LogP contribution in [0.4, 0.5) is 13.2 Å². The first-order chi connectivity index (χ1) is 4.61. The van der Waals surface area contributed by atoms with Crippen molar-refractivity contribution in [2.45, 2.75) is 6.18 Å². The van der Waals surface area contributed by atoms with Crippen LogP contribution in [-0.4, -0.2) is 9.97 Å². The lowest BCUT2D eigenvalue weighted by Gasteiger charge is -2.00. The molecule has 0 bridgehead atoms. The number of hydrogen-bond donors (Lipinski definition) is 0. The lowest BCUT2D eigenvalue weighted by molar-refractivity contribution is -0.145. The van der Waals surface area contributed by atoms with Crippen LogP contribution in [0.5, 0.6) is 0 Å². The van der Waals surface area contributed by atoms with Gasteiger partial charge in [-0.25, -0.2) is 9.97 Å². The average molecular weight is 147 g/mol. The summed E-state index contributed by atoms with van der Waals surface area (Å²) in [5.41, 5.74) is 0. The minimum Gasteiger partial charge on any atom is -0.232 e. The van der Waals surface area contributed by atoms with Gasteiger partial charge in [0.1, 0.15) is 0 Å². The van der Waals surface area contributed by atoms with Crippen molar-refractivity contribution in [3.63, 3.8) is 0 Å². The Morgan fingerprint density at radius 3 is 2.00 bits per heavy atom. The van der Waals surface area contributed by atoms with E-state index in [4.69, 9.17) is 0 Å². The molecule has 0 atom stereocenters. The Labute approximate surface area is 54.7 Å². The Hall–Kier alpha value is -1.13. The number of hydrogen-bond acceptors (Lipinski definition) is 2. The molecule has 0 fully saturated rings. The van der Waals surface area contributed by atoms with Gasteiger partial charge in [-0.15, -0.1) is 0 Å². The van der Waals surface area contributed by atoms with Gasteiger partial charge in [-0.1, -0.05) is 0 Å². The molecule has 1 aromatic rings. The van der Waals surface area contributed by atoms with Crippen molar-refractivity contribution in [3.8, 4) is 0 Å². The van der Waals surface area contributed by atoms with Crippen LogP contribution < -0.4 is 0 Å². The third-order valence-corrected chi connectivity index (χ3v) is 0.776. The van der Waals surface area contributed by atoms with Crippen molar-refractivity contribution < 1.29 is 13.2 Å². The monoisotopic (exact) mass is 147 g/mol. The maximum atomic E-state index is 11.6. The van der Waals surface area contributed by atoms with Gasteiger partial charge in [0.2, 0.25) is 5.82 Å². The van der Waals surface area contributed by atoms with Crippen molar-refractivity contribution in [3.05, 3.63) is 24.3 Å². The van der Waals surface area contributed by atoms with Gasteiger partial charge < -0.3 is 0 Å². The van der Waals surface area contributed by atoms with E-state index in [1.165, 1.54) is 0 Å². The number of rotatable bonds is 0. The zero-order valence-corrected chi connectivity index (χ0v) is 4.68. The van der Waals surface area contributed by atoms with Crippen molar-refractivity contribution in [2.75, 3.05) is 0 Å². The first-order valence-electron chi connectivity index (χ1n) is 2.36. The fraction of sp³-hybridized carbons (Fsp3) is 0.200. The van der Waals surface area contributed by atoms with Gasteiger partial charge in [0.05, 0.1) is 0 Å². The third-order valence-electron chi connectivity index (χ3n) is 0.776. The second-order valence-electron chi connectivity index (χ2n) is 1.50. The highest BCUT2D eigenvalue weighted by atomic mass is 19.4. The highest BCUT2D eigenvalue weighted by Gasteiger charge is 2.33. The SMILES string of the molecule is FC(F)(F)c1nc[c]cn1. The van der Waals surface area contributed by atoms with Crippen LogP contribution in [0.15, 0.2) is 12.4 Å². The summed E-state index contributed by atoms with van der Waals surface area (Å²) < 4.78 is 34.9.